The normalized spacial score (nSPS) is 25.3. The molecule has 0 amide bonds. The highest BCUT2D eigenvalue weighted by atomic mass is 35.5. The summed E-state index contributed by atoms with van der Waals surface area (Å²) in [5.74, 6) is 13.4. The number of aryl methyl sites for hydroxylation is 6. The number of nitrogens with one attached hydrogen (secondary N) is 4. The molecule has 0 radical (unpaired) electrons. The van der Waals surface area contributed by atoms with E-state index in [9.17, 15) is 0 Å². The van der Waals surface area contributed by atoms with Crippen LogP contribution in [-0.2, 0) is 21.7 Å². The van der Waals surface area contributed by atoms with Crippen molar-refractivity contribution in [3.05, 3.63) is 235 Å². The van der Waals surface area contributed by atoms with Crippen LogP contribution in [0.3, 0.4) is 0 Å². The van der Waals surface area contributed by atoms with Gasteiger partial charge in [-0.15, -0.1) is 0 Å². The second-order valence-electron chi connectivity index (χ2n) is 34.6. The second-order valence-corrected chi connectivity index (χ2v) is 35.5. The Morgan fingerprint density at radius 3 is 0.761 bits per heavy atom. The molecule has 12 nitrogen and oxygen atoms in total. The lowest BCUT2D eigenvalue weighted by atomic mass is 9.65. The van der Waals surface area contributed by atoms with Crippen LogP contribution in [0, 0.1) is 65.2 Å². The van der Waals surface area contributed by atoms with E-state index in [1.54, 1.807) is 0 Å². The monoisotopic (exact) mass is 1500 g/mol. The number of nitrogens with zero attached hydrogens (tertiary/aromatic N) is 4. The van der Waals surface area contributed by atoms with Gasteiger partial charge in [-0.05, 0) is 286 Å². The van der Waals surface area contributed by atoms with Crippen LogP contribution >= 0.6 is 23.2 Å². The maximum atomic E-state index is 6.12. The smallest absolute Gasteiger partial charge is 0.123 e. The van der Waals surface area contributed by atoms with Gasteiger partial charge in [-0.2, -0.15) is 0 Å². The van der Waals surface area contributed by atoms with E-state index in [2.05, 4.69) is 198 Å². The first-order valence-corrected chi connectivity index (χ1v) is 41.1. The fourth-order valence-corrected chi connectivity index (χ4v) is 20.7. The highest BCUT2D eigenvalue weighted by Gasteiger charge is 2.49. The van der Waals surface area contributed by atoms with Gasteiger partial charge in [0.05, 0.1) is 70.6 Å². The third-order valence-corrected chi connectivity index (χ3v) is 28.1. The Morgan fingerprint density at radius 2 is 0.514 bits per heavy atom. The van der Waals surface area contributed by atoms with Crippen molar-refractivity contribution >= 4 is 67.3 Å². The number of benzene rings is 8. The molecule has 4 spiro atoms. The minimum atomic E-state index is 0. The van der Waals surface area contributed by atoms with Crippen molar-refractivity contribution in [1.82, 2.24) is 39.9 Å². The first kappa shape index (κ1) is 74.5. The minimum absolute atomic E-state index is 0. The fraction of sp³-hybridized carbons (Fsp3) is 0.453. The van der Waals surface area contributed by atoms with E-state index in [-0.39, 0.29) is 29.1 Å². The number of H-pyrrole nitrogens is 4. The molecule has 8 heterocycles. The van der Waals surface area contributed by atoms with Gasteiger partial charge in [0.2, 0.25) is 0 Å². The molecule has 8 aliphatic rings. The van der Waals surface area contributed by atoms with Gasteiger partial charge in [-0.3, -0.25) is 0 Å². The van der Waals surface area contributed by atoms with Gasteiger partial charge >= 0.3 is 0 Å². The second kappa shape index (κ2) is 29.9. The van der Waals surface area contributed by atoms with Crippen molar-refractivity contribution in [2.45, 2.75) is 225 Å². The molecule has 4 aliphatic heterocycles. The van der Waals surface area contributed by atoms with Crippen molar-refractivity contribution in [1.29, 1.82) is 0 Å². The Bertz CT molecular complexity index is 4650. The zero-order valence-electron chi connectivity index (χ0n) is 64.8. The molecule has 4 saturated carbocycles. The van der Waals surface area contributed by atoms with Crippen LogP contribution in [0.2, 0.25) is 10.0 Å². The Labute approximate surface area is 654 Å². The summed E-state index contributed by atoms with van der Waals surface area (Å²) >= 11 is 12.2. The summed E-state index contributed by atoms with van der Waals surface area (Å²) in [6.07, 6.45) is 19.5. The molecule has 4 aromatic heterocycles. The maximum Gasteiger partial charge on any atom is 0.123 e. The first-order chi connectivity index (χ1) is 52.2. The van der Waals surface area contributed by atoms with Gasteiger partial charge in [0, 0.05) is 77.6 Å². The molecule has 4 fully saturated rings. The summed E-state index contributed by atoms with van der Waals surface area (Å²) in [5.41, 5.74) is 22.9. The zero-order chi connectivity index (χ0) is 74.4. The van der Waals surface area contributed by atoms with Gasteiger partial charge in [-0.25, -0.2) is 19.9 Å². The molecule has 8 aromatic carbocycles. The Hall–Kier alpha value is -8.58. The van der Waals surface area contributed by atoms with Crippen LogP contribution in [-0.4, -0.2) is 66.3 Å². The molecule has 4 atom stereocenters. The molecular formula is C95H110Cl2N8O4. The predicted octanol–water partition coefficient (Wildman–Crippen LogP) is 24.5. The summed E-state index contributed by atoms with van der Waals surface area (Å²) in [6, 6.07) is 51.6. The van der Waals surface area contributed by atoms with Crippen LogP contribution in [0.25, 0.3) is 44.1 Å². The molecule has 12 aromatic rings. The molecule has 0 saturated heterocycles. The standard InChI is InChI=1S/2C24H28N2O.2C23H25ClN2O.CH4/c2*1-15-5-7-20-21(12-15)26-23(25-20)17(3)18-8-10-24(11-9-18)14-27-22-13-16(2)4-6-19(22)24;2*1-14-3-5-18-21(11-14)27-13-23(18)9-7-16(8-10-23)15(2)22-25-19-6-4-17(24)12-20(19)26-22;/h2*4-7,12-13,17-18H,8-11,14H2,1-3H3,(H,25,26);2*3-6,11-12,15-16H,7-10,13H2,1-2H3,(H,25,26);1H4/t2*17-,18?,24?;2*15-,16?,23?;/m1010./s1. The number of ether oxygens (including phenoxy) is 4. The summed E-state index contributed by atoms with van der Waals surface area (Å²) in [6.45, 7) is 25.5. The lowest BCUT2D eigenvalue weighted by Gasteiger charge is -2.38. The van der Waals surface area contributed by atoms with Crippen molar-refractivity contribution in [2.24, 2.45) is 23.7 Å². The highest BCUT2D eigenvalue weighted by molar-refractivity contribution is 6.31. The number of imidazole rings is 4. The van der Waals surface area contributed by atoms with E-state index in [4.69, 9.17) is 62.1 Å². The van der Waals surface area contributed by atoms with E-state index >= 15 is 0 Å². The van der Waals surface area contributed by atoms with Crippen LogP contribution in [0.4, 0.5) is 0 Å². The van der Waals surface area contributed by atoms with Crippen LogP contribution in [0.5, 0.6) is 23.0 Å². The molecule has 109 heavy (non-hydrogen) atoms. The molecule has 0 bridgehead atoms. The van der Waals surface area contributed by atoms with Crippen molar-refractivity contribution in [3.63, 3.8) is 0 Å². The molecule has 4 N–H and O–H groups in total. The summed E-state index contributed by atoms with van der Waals surface area (Å²) in [4.78, 5) is 33.6. The van der Waals surface area contributed by atoms with Gasteiger partial charge in [0.25, 0.3) is 0 Å². The average molecular weight is 1500 g/mol. The fourth-order valence-electron chi connectivity index (χ4n) is 20.4. The van der Waals surface area contributed by atoms with Gasteiger partial charge in [0.15, 0.2) is 0 Å². The molecular weight excluding hydrogens is 1390 g/mol. The lowest BCUT2D eigenvalue weighted by Crippen LogP contribution is -2.34. The molecule has 4 aliphatic carbocycles. The van der Waals surface area contributed by atoms with Gasteiger partial charge in [0.1, 0.15) is 46.3 Å². The lowest BCUT2D eigenvalue weighted by molar-refractivity contribution is 0.169. The molecule has 568 valence electrons. The van der Waals surface area contributed by atoms with Crippen LogP contribution in [0.15, 0.2) is 146 Å². The van der Waals surface area contributed by atoms with E-state index in [1.807, 2.05) is 36.4 Å². The average Bonchev–Trinajstić information content (AvgIpc) is 1.64. The van der Waals surface area contributed by atoms with Crippen LogP contribution < -0.4 is 18.9 Å². The quantitative estimate of drug-likeness (QED) is 0.117. The molecule has 14 heteroatoms. The number of fused-ring (bicyclic) bond motifs is 12. The number of halogens is 2. The van der Waals surface area contributed by atoms with E-state index in [0.717, 1.165) is 127 Å². The molecule has 0 unspecified atom stereocenters. The van der Waals surface area contributed by atoms with E-state index < -0.39 is 0 Å². The third kappa shape index (κ3) is 14.5. The maximum absolute atomic E-state index is 6.12. The Balaban J connectivity index is 0.000000110. The highest BCUT2D eigenvalue weighted by Crippen LogP contribution is 2.56. The summed E-state index contributed by atoms with van der Waals surface area (Å²) in [7, 11) is 0. The van der Waals surface area contributed by atoms with E-state index in [0.29, 0.717) is 47.3 Å². The van der Waals surface area contributed by atoms with Crippen molar-refractivity contribution in [2.75, 3.05) is 26.4 Å². The topological polar surface area (TPSA) is 152 Å². The van der Waals surface area contributed by atoms with Crippen LogP contribution in [0.1, 0.15) is 240 Å². The third-order valence-electron chi connectivity index (χ3n) is 27.6. The van der Waals surface area contributed by atoms with Gasteiger partial charge < -0.3 is 38.9 Å². The van der Waals surface area contributed by atoms with E-state index in [1.165, 1.54) is 158 Å². The first-order valence-electron chi connectivity index (χ1n) is 40.3. The number of hydrogen-bond donors (Lipinski definition) is 4. The Kier molecular flexibility index (Phi) is 20.4. The van der Waals surface area contributed by atoms with Crippen molar-refractivity contribution < 1.29 is 18.9 Å². The SMILES string of the molecule is C.Cc1ccc2c(c1)OCC21CCC([C@@H](C)c2nc3ccc(C)cc3[nH]2)CC1.Cc1ccc2c(c1)OCC21CCC([C@@H](C)c2nc3ccc(Cl)cc3[nH]2)CC1.Cc1ccc2c(c1)OCC21CCC([C@H](C)c2nc3ccc(C)cc3[nH]2)CC1.Cc1ccc2c(c1)OCC21CCC([C@H](C)c2nc3ccc(Cl)cc3[nH]2)CC1. The number of aromatic nitrogens is 8. The zero-order valence-corrected chi connectivity index (χ0v) is 66.3. The summed E-state index contributed by atoms with van der Waals surface area (Å²) < 4.78 is 24.3. The van der Waals surface area contributed by atoms with Gasteiger partial charge in [-0.1, -0.05) is 119 Å². The Morgan fingerprint density at radius 1 is 0.303 bits per heavy atom. The number of aromatic amines is 4. The minimum Gasteiger partial charge on any atom is -0.492 e. The largest absolute Gasteiger partial charge is 0.492 e. The summed E-state index contributed by atoms with van der Waals surface area (Å²) in [5, 5.41) is 1.50. The number of hydrogen-bond acceptors (Lipinski definition) is 8. The predicted molar refractivity (Wildman–Crippen MR) is 445 cm³/mol. The molecule has 20 rings (SSSR count). The number of rotatable bonds is 8. The van der Waals surface area contributed by atoms with Crippen molar-refractivity contribution in [3.8, 4) is 23.0 Å².